The molecule has 0 aromatic heterocycles. The van der Waals surface area contributed by atoms with Crippen LogP contribution in [0.5, 0.6) is 11.5 Å². The van der Waals surface area contributed by atoms with Gasteiger partial charge in [0.15, 0.2) is 11.5 Å². The van der Waals surface area contributed by atoms with Gasteiger partial charge in [-0.3, -0.25) is 13.9 Å². The molecule has 1 atom stereocenters. The van der Waals surface area contributed by atoms with E-state index in [4.69, 9.17) is 9.47 Å². The maximum Gasteiger partial charge on any atom is 0.264 e. The number of halogens is 1. The summed E-state index contributed by atoms with van der Waals surface area (Å²) in [5, 5.41) is 2.87. The Bertz CT molecular complexity index is 1730. The van der Waals surface area contributed by atoms with E-state index in [1.54, 1.807) is 24.3 Å². The van der Waals surface area contributed by atoms with Gasteiger partial charge in [0.25, 0.3) is 10.0 Å². The molecule has 0 fully saturated rings. The minimum Gasteiger partial charge on any atom is -0.493 e. The molecule has 0 aliphatic rings. The quantitative estimate of drug-likeness (QED) is 0.179. The van der Waals surface area contributed by atoms with Gasteiger partial charge in [0.1, 0.15) is 12.6 Å². The molecular weight excluding hydrogens is 670 g/mol. The van der Waals surface area contributed by atoms with E-state index >= 15 is 0 Å². The summed E-state index contributed by atoms with van der Waals surface area (Å²) in [6.07, 6.45) is 0.232. The van der Waals surface area contributed by atoms with Crippen molar-refractivity contribution in [2.45, 2.75) is 37.8 Å². The molecule has 0 radical (unpaired) electrons. The van der Waals surface area contributed by atoms with Gasteiger partial charge in [-0.05, 0) is 61.4 Å². The fraction of sp³-hybridized carbons (Fsp3) is 0.257. The molecule has 0 unspecified atom stereocenters. The molecular formula is C35H38BrN3O6S. The van der Waals surface area contributed by atoms with Crippen molar-refractivity contribution < 1.29 is 27.5 Å². The zero-order valence-corrected chi connectivity index (χ0v) is 28.7. The monoisotopic (exact) mass is 707 g/mol. The largest absolute Gasteiger partial charge is 0.493 e. The van der Waals surface area contributed by atoms with Crippen molar-refractivity contribution in [3.63, 3.8) is 0 Å². The number of sulfonamides is 1. The number of aryl methyl sites for hydroxylation is 1. The molecule has 0 aliphatic carbocycles. The van der Waals surface area contributed by atoms with Crippen molar-refractivity contribution in [3.05, 3.63) is 118 Å². The van der Waals surface area contributed by atoms with Gasteiger partial charge in [0.2, 0.25) is 11.8 Å². The molecule has 9 nitrogen and oxygen atoms in total. The van der Waals surface area contributed by atoms with Crippen LogP contribution in [0.25, 0.3) is 0 Å². The Hall–Kier alpha value is -4.35. The van der Waals surface area contributed by atoms with Crippen molar-refractivity contribution >= 4 is 43.5 Å². The second kappa shape index (κ2) is 15.8. The second-order valence-corrected chi connectivity index (χ2v) is 13.4. The lowest BCUT2D eigenvalue weighted by molar-refractivity contribution is -0.140. The lowest BCUT2D eigenvalue weighted by Gasteiger charge is -2.34. The van der Waals surface area contributed by atoms with Gasteiger partial charge in [-0.25, -0.2) is 8.42 Å². The van der Waals surface area contributed by atoms with E-state index in [-0.39, 0.29) is 29.5 Å². The molecule has 11 heteroatoms. The van der Waals surface area contributed by atoms with Crippen molar-refractivity contribution in [2.75, 3.05) is 31.6 Å². The van der Waals surface area contributed by atoms with E-state index in [2.05, 4.69) is 21.2 Å². The van der Waals surface area contributed by atoms with Gasteiger partial charge in [-0.1, -0.05) is 76.1 Å². The van der Waals surface area contributed by atoms with Gasteiger partial charge in [-0.2, -0.15) is 0 Å². The number of likely N-dealkylation sites (N-methyl/N-ethyl adjacent to an activating group) is 1. The average Bonchev–Trinajstić information content (AvgIpc) is 3.06. The minimum atomic E-state index is -4.25. The Kier molecular flexibility index (Phi) is 11.8. The van der Waals surface area contributed by atoms with Gasteiger partial charge in [-0.15, -0.1) is 0 Å². The van der Waals surface area contributed by atoms with Crippen LogP contribution in [0, 0.1) is 6.92 Å². The van der Waals surface area contributed by atoms with Gasteiger partial charge < -0.3 is 19.7 Å². The Balaban J connectivity index is 1.83. The lowest BCUT2D eigenvalue weighted by Crippen LogP contribution is -2.53. The van der Waals surface area contributed by atoms with E-state index in [0.29, 0.717) is 18.0 Å². The predicted molar refractivity (Wildman–Crippen MR) is 183 cm³/mol. The number of nitrogens with zero attached hydrogens (tertiary/aromatic N) is 2. The maximum atomic E-state index is 14.5. The summed E-state index contributed by atoms with van der Waals surface area (Å²) in [7, 11) is -1.32. The number of amides is 2. The van der Waals surface area contributed by atoms with Crippen molar-refractivity contribution in [2.24, 2.45) is 0 Å². The molecule has 0 bridgehead atoms. The molecule has 0 saturated heterocycles. The Morgan fingerprint density at radius 3 is 2.11 bits per heavy atom. The molecule has 0 saturated carbocycles. The average molecular weight is 709 g/mol. The number of hydrogen-bond acceptors (Lipinski definition) is 6. The van der Waals surface area contributed by atoms with Crippen LogP contribution in [0.2, 0.25) is 0 Å². The van der Waals surface area contributed by atoms with Crippen molar-refractivity contribution in [3.8, 4) is 11.5 Å². The first-order valence-electron chi connectivity index (χ1n) is 14.7. The van der Waals surface area contributed by atoms with Crippen molar-refractivity contribution in [1.82, 2.24) is 10.2 Å². The Morgan fingerprint density at radius 1 is 0.848 bits per heavy atom. The van der Waals surface area contributed by atoms with Crippen LogP contribution in [0.3, 0.4) is 0 Å². The zero-order valence-electron chi connectivity index (χ0n) is 26.3. The number of methoxy groups -OCH3 is 2. The fourth-order valence-electron chi connectivity index (χ4n) is 4.98. The fourth-order valence-corrected chi connectivity index (χ4v) is 6.65. The van der Waals surface area contributed by atoms with Crippen LogP contribution < -0.4 is 19.1 Å². The summed E-state index contributed by atoms with van der Waals surface area (Å²) in [5.41, 5.74) is 2.72. The van der Waals surface area contributed by atoms with Gasteiger partial charge >= 0.3 is 0 Å². The molecule has 0 heterocycles. The van der Waals surface area contributed by atoms with Gasteiger partial charge in [0, 0.05) is 30.0 Å². The van der Waals surface area contributed by atoms with Crippen LogP contribution in [0.15, 0.2) is 106 Å². The van der Waals surface area contributed by atoms with Crippen LogP contribution in [0.1, 0.15) is 23.6 Å². The molecule has 0 aliphatic heterocycles. The zero-order chi connectivity index (χ0) is 33.3. The normalized spacial score (nSPS) is 11.8. The highest BCUT2D eigenvalue weighted by molar-refractivity contribution is 9.10. The maximum absolute atomic E-state index is 14.5. The summed E-state index contributed by atoms with van der Waals surface area (Å²) < 4.78 is 41.2. The predicted octanol–water partition coefficient (Wildman–Crippen LogP) is 5.75. The topological polar surface area (TPSA) is 105 Å². The third-order valence-electron chi connectivity index (χ3n) is 7.43. The number of carbonyl (C=O) groups is 2. The van der Waals surface area contributed by atoms with E-state index in [1.807, 2.05) is 68.4 Å². The van der Waals surface area contributed by atoms with E-state index in [1.165, 1.54) is 37.3 Å². The van der Waals surface area contributed by atoms with Crippen LogP contribution in [-0.2, 0) is 32.6 Å². The molecule has 0 spiro atoms. The van der Waals surface area contributed by atoms with Crippen LogP contribution in [-0.4, -0.2) is 58.5 Å². The summed E-state index contributed by atoms with van der Waals surface area (Å²) >= 11 is 3.45. The number of anilines is 1. The first-order valence-corrected chi connectivity index (χ1v) is 17.0. The molecule has 2 amide bonds. The molecule has 4 aromatic carbocycles. The second-order valence-electron chi connectivity index (χ2n) is 10.6. The highest BCUT2D eigenvalue weighted by Crippen LogP contribution is 2.34. The molecule has 46 heavy (non-hydrogen) atoms. The van der Waals surface area contributed by atoms with Crippen molar-refractivity contribution in [1.29, 1.82) is 0 Å². The number of nitrogens with one attached hydrogen (secondary N) is 1. The number of rotatable bonds is 14. The van der Waals surface area contributed by atoms with E-state index < -0.39 is 28.5 Å². The molecule has 4 rings (SSSR count). The summed E-state index contributed by atoms with van der Waals surface area (Å²) in [6.45, 7) is 3.54. The lowest BCUT2D eigenvalue weighted by atomic mass is 10.0. The Labute approximate surface area is 279 Å². The summed E-state index contributed by atoms with van der Waals surface area (Å²) in [4.78, 5) is 29.6. The highest BCUT2D eigenvalue weighted by atomic mass is 79.9. The van der Waals surface area contributed by atoms with Crippen LogP contribution in [0.4, 0.5) is 5.69 Å². The van der Waals surface area contributed by atoms with E-state index in [0.717, 1.165) is 25.5 Å². The standard InChI is InChI=1S/C35H38BrN3O6S/c1-5-37-35(41)31(21-26-9-7-6-8-10-26)38(23-27-13-15-28(36)16-14-27)34(40)24-39(29-17-20-32(44-3)33(22-29)45-4)46(42,43)30-18-11-25(2)12-19-30/h6-20,22,31H,5,21,23-24H2,1-4H3,(H,37,41)/t31-/m1/s1. The number of carbonyl (C=O) groups excluding carboxylic acids is 2. The SMILES string of the molecule is CCNC(=O)[C@@H](Cc1ccccc1)N(Cc1ccc(Br)cc1)C(=O)CN(c1ccc(OC)c(OC)c1)S(=O)(=O)c1ccc(C)cc1. The highest BCUT2D eigenvalue weighted by Gasteiger charge is 2.35. The number of hydrogen-bond donors (Lipinski definition) is 1. The molecule has 1 N–H and O–H groups in total. The van der Waals surface area contributed by atoms with E-state index in [9.17, 15) is 18.0 Å². The smallest absolute Gasteiger partial charge is 0.264 e. The third-order valence-corrected chi connectivity index (χ3v) is 9.75. The molecule has 242 valence electrons. The number of ether oxygens (including phenoxy) is 2. The third kappa shape index (κ3) is 8.46. The first-order chi connectivity index (χ1) is 22.1. The first kappa shape index (κ1) is 34.5. The summed E-state index contributed by atoms with van der Waals surface area (Å²) in [6, 6.07) is 27.0. The Morgan fingerprint density at radius 2 is 1.50 bits per heavy atom. The van der Waals surface area contributed by atoms with Crippen LogP contribution >= 0.6 is 15.9 Å². The number of benzene rings is 4. The summed E-state index contributed by atoms with van der Waals surface area (Å²) in [5.74, 6) is -0.190. The van der Waals surface area contributed by atoms with Gasteiger partial charge in [0.05, 0.1) is 24.8 Å². The molecule has 4 aromatic rings. The minimum absolute atomic E-state index is 0.0182.